The third-order valence-electron chi connectivity index (χ3n) is 3.42. The van der Waals surface area contributed by atoms with Gasteiger partial charge in [-0.25, -0.2) is 0 Å². The monoisotopic (exact) mass is 219 g/mol. The Morgan fingerprint density at radius 2 is 1.56 bits per heavy atom. The molecule has 0 radical (unpaired) electrons. The second-order valence-electron chi connectivity index (χ2n) is 5.19. The largest absolute Gasteiger partial charge is 0.316 e. The molecule has 0 aliphatic heterocycles. The van der Waals surface area contributed by atoms with E-state index in [9.17, 15) is 0 Å². The first-order valence-corrected chi connectivity index (χ1v) is 6.37. The van der Waals surface area contributed by atoms with Crippen LogP contribution in [0.1, 0.15) is 39.2 Å². The van der Waals surface area contributed by atoms with Crippen LogP contribution >= 0.6 is 0 Å². The van der Waals surface area contributed by atoms with Gasteiger partial charge in [-0.3, -0.25) is 0 Å². The van der Waals surface area contributed by atoms with E-state index in [1.807, 2.05) is 0 Å². The van der Waals surface area contributed by atoms with Crippen LogP contribution in [0.15, 0.2) is 30.3 Å². The molecule has 0 aliphatic carbocycles. The molecule has 0 saturated carbocycles. The van der Waals surface area contributed by atoms with Gasteiger partial charge >= 0.3 is 0 Å². The first-order chi connectivity index (χ1) is 7.61. The first kappa shape index (κ1) is 13.2. The molecule has 1 rings (SSSR count). The Labute approximate surface area is 100 Å². The highest BCUT2D eigenvalue weighted by molar-refractivity contribution is 5.18. The highest BCUT2D eigenvalue weighted by Gasteiger charge is 2.08. The van der Waals surface area contributed by atoms with Crippen LogP contribution in [0.4, 0.5) is 0 Å². The number of benzene rings is 1. The van der Waals surface area contributed by atoms with E-state index in [1.165, 1.54) is 5.56 Å². The lowest BCUT2D eigenvalue weighted by atomic mass is 9.97. The second kappa shape index (κ2) is 6.70. The van der Waals surface area contributed by atoms with Crippen molar-refractivity contribution in [1.82, 2.24) is 5.32 Å². The van der Waals surface area contributed by atoms with Gasteiger partial charge in [0.05, 0.1) is 0 Å². The molecule has 1 aromatic carbocycles. The van der Waals surface area contributed by atoms with Crippen molar-refractivity contribution in [3.8, 4) is 0 Å². The molecule has 1 nitrogen and oxygen atoms in total. The highest BCUT2D eigenvalue weighted by Crippen LogP contribution is 2.13. The molecule has 90 valence electrons. The molecular formula is C15H25N. The molecule has 1 N–H and O–H groups in total. The van der Waals surface area contributed by atoms with E-state index >= 15 is 0 Å². The van der Waals surface area contributed by atoms with Crippen LogP contribution in [0.25, 0.3) is 0 Å². The summed E-state index contributed by atoms with van der Waals surface area (Å²) >= 11 is 0. The molecule has 2 atom stereocenters. The molecule has 0 aromatic heterocycles. The zero-order chi connectivity index (χ0) is 12.0. The van der Waals surface area contributed by atoms with E-state index in [0.29, 0.717) is 5.92 Å². The van der Waals surface area contributed by atoms with E-state index in [0.717, 1.165) is 24.9 Å². The average Bonchev–Trinajstić information content (AvgIpc) is 2.29. The van der Waals surface area contributed by atoms with Crippen LogP contribution in [0, 0.1) is 11.8 Å². The Morgan fingerprint density at radius 1 is 0.938 bits per heavy atom. The minimum absolute atomic E-state index is 0.598. The number of hydrogen-bond donors (Lipinski definition) is 1. The number of hydrogen-bond acceptors (Lipinski definition) is 1. The highest BCUT2D eigenvalue weighted by atomic mass is 14.9. The fourth-order valence-electron chi connectivity index (χ4n) is 1.66. The van der Waals surface area contributed by atoms with Gasteiger partial charge in [-0.1, -0.05) is 58.0 Å². The van der Waals surface area contributed by atoms with E-state index in [-0.39, 0.29) is 0 Å². The molecular weight excluding hydrogens is 194 g/mol. The molecule has 0 bridgehead atoms. The second-order valence-corrected chi connectivity index (χ2v) is 5.19. The van der Waals surface area contributed by atoms with Gasteiger partial charge in [0.2, 0.25) is 0 Å². The molecule has 1 heteroatoms. The average molecular weight is 219 g/mol. The van der Waals surface area contributed by atoms with Crippen LogP contribution in [-0.2, 0) is 0 Å². The Bertz CT molecular complexity index is 279. The maximum atomic E-state index is 3.56. The summed E-state index contributed by atoms with van der Waals surface area (Å²) in [5.41, 5.74) is 1.42. The van der Waals surface area contributed by atoms with E-state index in [2.05, 4.69) is 63.3 Å². The molecule has 0 saturated heterocycles. The van der Waals surface area contributed by atoms with Gasteiger partial charge in [-0.2, -0.15) is 0 Å². The maximum Gasteiger partial charge on any atom is 0.00176 e. The summed E-state index contributed by atoms with van der Waals surface area (Å²) in [5, 5.41) is 3.56. The van der Waals surface area contributed by atoms with Crippen molar-refractivity contribution in [3.05, 3.63) is 35.9 Å². The summed E-state index contributed by atoms with van der Waals surface area (Å²) in [5.74, 6) is 2.11. The Hall–Kier alpha value is -0.820. The minimum Gasteiger partial charge on any atom is -0.316 e. The molecule has 0 heterocycles. The third kappa shape index (κ3) is 4.36. The zero-order valence-corrected chi connectivity index (χ0v) is 11.0. The van der Waals surface area contributed by atoms with Gasteiger partial charge in [-0.15, -0.1) is 0 Å². The summed E-state index contributed by atoms with van der Waals surface area (Å²) in [6.07, 6.45) is 0. The normalized spacial score (nSPS) is 15.1. The summed E-state index contributed by atoms with van der Waals surface area (Å²) in [4.78, 5) is 0. The lowest BCUT2D eigenvalue weighted by Crippen LogP contribution is -2.27. The van der Waals surface area contributed by atoms with Crippen LogP contribution in [-0.4, -0.2) is 13.1 Å². The van der Waals surface area contributed by atoms with Crippen molar-refractivity contribution in [3.63, 3.8) is 0 Å². The van der Waals surface area contributed by atoms with Crippen LogP contribution in [0.2, 0.25) is 0 Å². The molecule has 0 aliphatic rings. The van der Waals surface area contributed by atoms with Crippen molar-refractivity contribution >= 4 is 0 Å². The molecule has 2 unspecified atom stereocenters. The van der Waals surface area contributed by atoms with Crippen molar-refractivity contribution in [2.24, 2.45) is 11.8 Å². The maximum absolute atomic E-state index is 3.56. The van der Waals surface area contributed by atoms with E-state index < -0.39 is 0 Å². The Morgan fingerprint density at radius 3 is 2.12 bits per heavy atom. The van der Waals surface area contributed by atoms with Crippen molar-refractivity contribution in [2.75, 3.05) is 13.1 Å². The quantitative estimate of drug-likeness (QED) is 0.769. The van der Waals surface area contributed by atoms with Gasteiger partial charge in [0.1, 0.15) is 0 Å². The molecule has 0 amide bonds. The third-order valence-corrected chi connectivity index (χ3v) is 3.42. The SMILES string of the molecule is CC(CNCC(C)C(C)C)c1ccccc1. The molecule has 0 fully saturated rings. The lowest BCUT2D eigenvalue weighted by molar-refractivity contribution is 0.389. The van der Waals surface area contributed by atoms with Gasteiger partial charge in [0.25, 0.3) is 0 Å². The first-order valence-electron chi connectivity index (χ1n) is 6.37. The number of nitrogens with one attached hydrogen (secondary N) is 1. The summed E-state index contributed by atoms with van der Waals surface area (Å²) in [6, 6.07) is 10.7. The smallest absolute Gasteiger partial charge is 0.00176 e. The zero-order valence-electron chi connectivity index (χ0n) is 11.0. The number of rotatable bonds is 6. The van der Waals surface area contributed by atoms with Crippen molar-refractivity contribution < 1.29 is 0 Å². The van der Waals surface area contributed by atoms with E-state index in [1.54, 1.807) is 0 Å². The molecule has 0 spiro atoms. The fraction of sp³-hybridized carbons (Fsp3) is 0.600. The van der Waals surface area contributed by atoms with Gasteiger partial charge in [-0.05, 0) is 29.9 Å². The minimum atomic E-state index is 0.598. The summed E-state index contributed by atoms with van der Waals surface area (Å²) in [7, 11) is 0. The lowest BCUT2D eigenvalue weighted by Gasteiger charge is -2.18. The standard InChI is InChI=1S/C15H25N/c1-12(2)13(3)10-16-11-14(4)15-8-6-5-7-9-15/h5-9,12-14,16H,10-11H2,1-4H3. The van der Waals surface area contributed by atoms with Crippen molar-refractivity contribution in [2.45, 2.75) is 33.6 Å². The Kier molecular flexibility index (Phi) is 5.54. The predicted molar refractivity (Wildman–Crippen MR) is 71.7 cm³/mol. The van der Waals surface area contributed by atoms with Gasteiger partial charge in [0.15, 0.2) is 0 Å². The summed E-state index contributed by atoms with van der Waals surface area (Å²) in [6.45, 7) is 11.4. The van der Waals surface area contributed by atoms with Crippen LogP contribution < -0.4 is 5.32 Å². The van der Waals surface area contributed by atoms with Crippen molar-refractivity contribution in [1.29, 1.82) is 0 Å². The predicted octanol–water partition coefficient (Wildman–Crippen LogP) is 3.67. The fourth-order valence-corrected chi connectivity index (χ4v) is 1.66. The summed E-state index contributed by atoms with van der Waals surface area (Å²) < 4.78 is 0. The molecule has 1 aromatic rings. The Balaban J connectivity index is 2.28. The van der Waals surface area contributed by atoms with Gasteiger partial charge < -0.3 is 5.32 Å². The topological polar surface area (TPSA) is 12.0 Å². The van der Waals surface area contributed by atoms with Gasteiger partial charge in [0, 0.05) is 6.54 Å². The molecule has 16 heavy (non-hydrogen) atoms. The van der Waals surface area contributed by atoms with E-state index in [4.69, 9.17) is 0 Å². The van der Waals surface area contributed by atoms with Crippen LogP contribution in [0.3, 0.4) is 0 Å². The van der Waals surface area contributed by atoms with Crippen LogP contribution in [0.5, 0.6) is 0 Å².